The van der Waals surface area contributed by atoms with Crippen LogP contribution in [0.1, 0.15) is 23.7 Å². The fourth-order valence-corrected chi connectivity index (χ4v) is 0.777. The molecular weight excluding hydrogens is 124 g/mol. The molecule has 1 rings (SSSR count). The van der Waals surface area contributed by atoms with Crippen LogP contribution < -0.4 is 0 Å². The highest BCUT2D eigenvalue weighted by atomic mass is 16.1. The van der Waals surface area contributed by atoms with Crippen molar-refractivity contribution in [1.82, 2.24) is 0 Å². The van der Waals surface area contributed by atoms with Crippen molar-refractivity contribution < 1.29 is 4.79 Å². The molecule has 0 aliphatic heterocycles. The van der Waals surface area contributed by atoms with Crippen LogP contribution in [0.5, 0.6) is 0 Å². The summed E-state index contributed by atoms with van der Waals surface area (Å²) in [5.41, 5.74) is 0.779. The Morgan fingerprint density at radius 3 is 2.60 bits per heavy atom. The third-order valence-electron chi connectivity index (χ3n) is 1.36. The highest BCUT2D eigenvalue weighted by Crippen LogP contribution is 2.00. The summed E-state index contributed by atoms with van der Waals surface area (Å²) in [5.74, 6) is 0.189. The molecule has 10 heavy (non-hydrogen) atoms. The summed E-state index contributed by atoms with van der Waals surface area (Å²) in [4.78, 5) is 11.0. The summed E-state index contributed by atoms with van der Waals surface area (Å²) in [6.07, 6.45) is 0.573. The molecule has 0 aliphatic rings. The molecule has 0 spiro atoms. The maximum atomic E-state index is 11.0. The van der Waals surface area contributed by atoms with Gasteiger partial charge in [0.1, 0.15) is 0 Å². The van der Waals surface area contributed by atoms with Crippen molar-refractivity contribution >= 4 is 5.78 Å². The molecule has 0 aliphatic carbocycles. The topological polar surface area (TPSA) is 17.1 Å². The standard InChI is InChI=1S/C9H9O/c1-2-9(10)8-6-4-3-5-7-8/h4-7H,2H2,1H3. The maximum Gasteiger partial charge on any atom is 0.162 e. The van der Waals surface area contributed by atoms with E-state index in [1.54, 1.807) is 24.3 Å². The number of carbonyl (C=O) groups excluding carboxylic acids is 1. The summed E-state index contributed by atoms with van der Waals surface area (Å²) >= 11 is 0. The van der Waals surface area contributed by atoms with E-state index in [2.05, 4.69) is 6.07 Å². The second-order valence-corrected chi connectivity index (χ2v) is 2.07. The van der Waals surface area contributed by atoms with E-state index in [-0.39, 0.29) is 5.78 Å². The number of ketones is 1. The van der Waals surface area contributed by atoms with Gasteiger partial charge in [0.15, 0.2) is 5.78 Å². The van der Waals surface area contributed by atoms with E-state index in [9.17, 15) is 4.79 Å². The molecule has 0 atom stereocenters. The van der Waals surface area contributed by atoms with Crippen molar-refractivity contribution in [2.45, 2.75) is 13.3 Å². The Hall–Kier alpha value is -1.11. The normalized spacial score (nSPS) is 9.30. The molecule has 0 aromatic heterocycles. The molecule has 1 nitrogen and oxygen atoms in total. The van der Waals surface area contributed by atoms with Crippen LogP contribution in [0, 0.1) is 6.07 Å². The minimum atomic E-state index is 0.189. The van der Waals surface area contributed by atoms with E-state index in [1.807, 2.05) is 6.92 Å². The van der Waals surface area contributed by atoms with Gasteiger partial charge < -0.3 is 0 Å². The third kappa shape index (κ3) is 1.44. The zero-order chi connectivity index (χ0) is 7.40. The molecule has 1 heteroatoms. The molecule has 0 bridgehead atoms. The van der Waals surface area contributed by atoms with E-state index in [4.69, 9.17) is 0 Å². The molecule has 0 amide bonds. The van der Waals surface area contributed by atoms with E-state index < -0.39 is 0 Å². The number of benzene rings is 1. The number of hydrogen-bond donors (Lipinski definition) is 0. The SMILES string of the molecule is CCC(=O)c1cc[c]cc1. The highest BCUT2D eigenvalue weighted by Gasteiger charge is 1.98. The van der Waals surface area contributed by atoms with Gasteiger partial charge in [0.2, 0.25) is 0 Å². The van der Waals surface area contributed by atoms with Crippen LogP contribution >= 0.6 is 0 Å². The van der Waals surface area contributed by atoms with Crippen LogP contribution in [0.25, 0.3) is 0 Å². The predicted octanol–water partition coefficient (Wildman–Crippen LogP) is 2.08. The lowest BCUT2D eigenvalue weighted by molar-refractivity contribution is 0.0988. The van der Waals surface area contributed by atoms with Crippen molar-refractivity contribution in [3.05, 3.63) is 35.9 Å². The van der Waals surface area contributed by atoms with E-state index in [0.29, 0.717) is 6.42 Å². The van der Waals surface area contributed by atoms with E-state index >= 15 is 0 Å². The third-order valence-corrected chi connectivity index (χ3v) is 1.36. The molecule has 0 saturated carbocycles. The molecule has 1 aromatic carbocycles. The van der Waals surface area contributed by atoms with Gasteiger partial charge in [0.25, 0.3) is 0 Å². The van der Waals surface area contributed by atoms with Gasteiger partial charge in [-0.3, -0.25) is 4.79 Å². The minimum absolute atomic E-state index is 0.189. The van der Waals surface area contributed by atoms with Gasteiger partial charge in [-0.1, -0.05) is 31.2 Å². The molecular formula is C9H9O. The van der Waals surface area contributed by atoms with Crippen LogP contribution in [0.3, 0.4) is 0 Å². The molecule has 0 saturated heterocycles. The van der Waals surface area contributed by atoms with Crippen LogP contribution in [-0.2, 0) is 0 Å². The Labute approximate surface area is 60.7 Å². The van der Waals surface area contributed by atoms with Crippen molar-refractivity contribution in [3.63, 3.8) is 0 Å². The molecule has 0 N–H and O–H groups in total. The molecule has 0 unspecified atom stereocenters. The second-order valence-electron chi connectivity index (χ2n) is 2.07. The van der Waals surface area contributed by atoms with Crippen LogP contribution in [-0.4, -0.2) is 5.78 Å². The number of carbonyl (C=O) groups is 1. The van der Waals surface area contributed by atoms with E-state index in [1.165, 1.54) is 0 Å². The fourth-order valence-electron chi connectivity index (χ4n) is 0.777. The zero-order valence-corrected chi connectivity index (χ0v) is 5.92. The van der Waals surface area contributed by atoms with Crippen molar-refractivity contribution in [3.8, 4) is 0 Å². The predicted molar refractivity (Wildman–Crippen MR) is 39.9 cm³/mol. The van der Waals surface area contributed by atoms with Crippen molar-refractivity contribution in [2.24, 2.45) is 0 Å². The monoisotopic (exact) mass is 133 g/mol. The Kier molecular flexibility index (Phi) is 2.21. The first-order valence-electron chi connectivity index (χ1n) is 3.34. The number of rotatable bonds is 2. The first-order chi connectivity index (χ1) is 4.84. The average molecular weight is 133 g/mol. The summed E-state index contributed by atoms with van der Waals surface area (Å²) in [5, 5.41) is 0. The smallest absolute Gasteiger partial charge is 0.162 e. The Morgan fingerprint density at radius 2 is 2.10 bits per heavy atom. The first kappa shape index (κ1) is 7.00. The van der Waals surface area contributed by atoms with Crippen LogP contribution in [0.15, 0.2) is 24.3 Å². The van der Waals surface area contributed by atoms with Crippen LogP contribution in [0.4, 0.5) is 0 Å². The van der Waals surface area contributed by atoms with E-state index in [0.717, 1.165) is 5.56 Å². The van der Waals surface area contributed by atoms with Gasteiger partial charge in [0.05, 0.1) is 0 Å². The highest BCUT2D eigenvalue weighted by molar-refractivity contribution is 5.95. The summed E-state index contributed by atoms with van der Waals surface area (Å²) < 4.78 is 0. The zero-order valence-electron chi connectivity index (χ0n) is 5.92. The quantitative estimate of drug-likeness (QED) is 0.564. The molecule has 0 fully saturated rings. The van der Waals surface area contributed by atoms with Gasteiger partial charge >= 0.3 is 0 Å². The van der Waals surface area contributed by atoms with Crippen molar-refractivity contribution in [2.75, 3.05) is 0 Å². The lowest BCUT2D eigenvalue weighted by Crippen LogP contribution is -1.94. The first-order valence-corrected chi connectivity index (χ1v) is 3.34. The Bertz CT molecular complexity index is 213. The average Bonchev–Trinajstić information content (AvgIpc) is 2.05. The lowest BCUT2D eigenvalue weighted by Gasteiger charge is -1.93. The maximum absolute atomic E-state index is 11.0. The van der Waals surface area contributed by atoms with Gasteiger partial charge in [0, 0.05) is 12.0 Å². The molecule has 1 radical (unpaired) electrons. The Balaban J connectivity index is 2.85. The molecule has 1 aromatic rings. The van der Waals surface area contributed by atoms with Gasteiger partial charge in [-0.25, -0.2) is 0 Å². The van der Waals surface area contributed by atoms with Gasteiger partial charge in [-0.15, -0.1) is 0 Å². The second kappa shape index (κ2) is 3.16. The van der Waals surface area contributed by atoms with Crippen molar-refractivity contribution in [1.29, 1.82) is 0 Å². The molecule has 0 heterocycles. The summed E-state index contributed by atoms with van der Waals surface area (Å²) in [6.45, 7) is 1.86. The minimum Gasteiger partial charge on any atom is -0.294 e. The largest absolute Gasteiger partial charge is 0.294 e. The number of Topliss-reactive ketones (excluding diaryl/α,β-unsaturated/α-hetero) is 1. The Morgan fingerprint density at radius 1 is 1.50 bits per heavy atom. The number of hydrogen-bond acceptors (Lipinski definition) is 1. The lowest BCUT2D eigenvalue weighted by atomic mass is 10.1. The molecule has 51 valence electrons. The summed E-state index contributed by atoms with van der Waals surface area (Å²) in [7, 11) is 0. The van der Waals surface area contributed by atoms with Gasteiger partial charge in [-0.05, 0) is 6.07 Å². The fraction of sp³-hybridized carbons (Fsp3) is 0.222. The van der Waals surface area contributed by atoms with Crippen LogP contribution in [0.2, 0.25) is 0 Å². The van der Waals surface area contributed by atoms with Gasteiger partial charge in [-0.2, -0.15) is 0 Å². The summed E-state index contributed by atoms with van der Waals surface area (Å²) in [6, 6.07) is 9.93.